The number of hydrogen-bond acceptors (Lipinski definition) is 7. The number of alkyl halides is 3. The van der Waals surface area contributed by atoms with E-state index in [2.05, 4.69) is 9.97 Å². The van der Waals surface area contributed by atoms with E-state index in [1.807, 2.05) is 25.1 Å². The first kappa shape index (κ1) is 26.0. The molecule has 1 spiro atoms. The molecule has 2 aromatic heterocycles. The second-order valence-electron chi connectivity index (χ2n) is 7.99. The molecule has 4 heterocycles. The van der Waals surface area contributed by atoms with Crippen LogP contribution in [0.25, 0.3) is 0 Å². The third-order valence-corrected chi connectivity index (χ3v) is 7.08. The number of rotatable bonds is 5. The molecule has 9 nitrogen and oxygen atoms in total. The molecule has 2 saturated heterocycles. The van der Waals surface area contributed by atoms with Crippen molar-refractivity contribution in [2.75, 3.05) is 19.7 Å². The van der Waals surface area contributed by atoms with Crippen LogP contribution in [0.5, 0.6) is 0 Å². The maximum atomic E-state index is 12.7. The molecule has 1 atom stereocenters. The fraction of sp³-hybridized carbons (Fsp3) is 0.476. The van der Waals surface area contributed by atoms with Crippen LogP contribution in [0.1, 0.15) is 24.2 Å². The van der Waals surface area contributed by atoms with Gasteiger partial charge >= 0.3 is 12.1 Å². The van der Waals surface area contributed by atoms with E-state index in [9.17, 15) is 21.6 Å². The number of ether oxygens (including phenoxy) is 2. The highest BCUT2D eigenvalue weighted by atomic mass is 32.2. The van der Waals surface area contributed by atoms with Crippen LogP contribution in [0.15, 0.2) is 47.6 Å². The number of aliphatic carboxylic acids is 1. The molecular formula is C21H24F3N3O6S. The average molecular weight is 503 g/mol. The van der Waals surface area contributed by atoms with Gasteiger partial charge in [-0.1, -0.05) is 6.07 Å². The number of hydrogen-bond donors (Lipinski definition) is 1. The molecule has 1 N–H and O–H groups in total. The summed E-state index contributed by atoms with van der Waals surface area (Å²) in [7, 11) is -3.52. The molecule has 0 amide bonds. The number of halogens is 3. The van der Waals surface area contributed by atoms with Crippen LogP contribution in [0.4, 0.5) is 13.2 Å². The molecule has 2 aliphatic rings. The van der Waals surface area contributed by atoms with Gasteiger partial charge in [-0.05, 0) is 37.6 Å². The molecule has 0 saturated carbocycles. The number of aryl methyl sites for hydroxylation is 1. The highest BCUT2D eigenvalue weighted by Crippen LogP contribution is 2.38. The molecule has 4 rings (SSSR count). The van der Waals surface area contributed by atoms with Crippen molar-refractivity contribution in [1.82, 2.24) is 14.3 Å². The number of carboxylic acid groups (broad SMARTS) is 1. The molecule has 2 aromatic rings. The summed E-state index contributed by atoms with van der Waals surface area (Å²) < 4.78 is 70.5. The molecule has 2 aliphatic heterocycles. The number of carboxylic acids is 1. The van der Waals surface area contributed by atoms with Gasteiger partial charge in [0.2, 0.25) is 10.0 Å². The molecule has 2 fully saturated rings. The van der Waals surface area contributed by atoms with Gasteiger partial charge in [0.05, 0.1) is 24.0 Å². The molecule has 0 radical (unpaired) electrons. The Morgan fingerprint density at radius 3 is 2.59 bits per heavy atom. The van der Waals surface area contributed by atoms with E-state index in [-0.39, 0.29) is 11.0 Å². The smallest absolute Gasteiger partial charge is 0.475 e. The van der Waals surface area contributed by atoms with Gasteiger partial charge in [-0.3, -0.25) is 9.97 Å². The Balaban J connectivity index is 0.000000406. The van der Waals surface area contributed by atoms with E-state index in [4.69, 9.17) is 19.4 Å². The van der Waals surface area contributed by atoms with E-state index in [1.54, 1.807) is 18.3 Å². The summed E-state index contributed by atoms with van der Waals surface area (Å²) in [6, 6.07) is 9.07. The van der Waals surface area contributed by atoms with Gasteiger partial charge in [-0.25, -0.2) is 13.2 Å². The van der Waals surface area contributed by atoms with Crippen LogP contribution in [-0.4, -0.2) is 71.3 Å². The van der Waals surface area contributed by atoms with E-state index in [1.165, 1.54) is 10.5 Å². The van der Waals surface area contributed by atoms with Crippen molar-refractivity contribution < 1.29 is 41.0 Å². The van der Waals surface area contributed by atoms with Crippen molar-refractivity contribution >= 4 is 16.0 Å². The summed E-state index contributed by atoms with van der Waals surface area (Å²) in [6.45, 7) is 3.70. The Hall–Kier alpha value is -2.61. The Labute approximate surface area is 194 Å². The number of sulfonamides is 1. The van der Waals surface area contributed by atoms with Crippen molar-refractivity contribution in [1.29, 1.82) is 0 Å². The van der Waals surface area contributed by atoms with E-state index < -0.39 is 27.8 Å². The normalized spacial score (nSPS) is 20.2. The highest BCUT2D eigenvalue weighted by molar-refractivity contribution is 7.89. The first-order valence-corrected chi connectivity index (χ1v) is 11.7. The fourth-order valence-corrected chi connectivity index (χ4v) is 5.20. The summed E-state index contributed by atoms with van der Waals surface area (Å²) in [5.41, 5.74) is 1.43. The van der Waals surface area contributed by atoms with Crippen molar-refractivity contribution in [3.63, 3.8) is 0 Å². The molecule has 34 heavy (non-hydrogen) atoms. The fourth-order valence-electron chi connectivity index (χ4n) is 3.64. The monoisotopic (exact) mass is 503 g/mol. The van der Waals surface area contributed by atoms with Gasteiger partial charge in [0.1, 0.15) is 4.90 Å². The zero-order chi connectivity index (χ0) is 25.0. The number of carbonyl (C=O) groups is 1. The van der Waals surface area contributed by atoms with Crippen LogP contribution in [-0.2, 0) is 30.9 Å². The summed E-state index contributed by atoms with van der Waals surface area (Å²) in [6.07, 6.45) is -0.598. The summed E-state index contributed by atoms with van der Waals surface area (Å²) >= 11 is 0. The molecule has 1 unspecified atom stereocenters. The van der Waals surface area contributed by atoms with Gasteiger partial charge in [0.25, 0.3) is 0 Å². The van der Waals surface area contributed by atoms with Crippen LogP contribution in [0.2, 0.25) is 0 Å². The zero-order valence-corrected chi connectivity index (χ0v) is 19.1. The second-order valence-corrected chi connectivity index (χ2v) is 9.93. The Bertz CT molecular complexity index is 1090. The van der Waals surface area contributed by atoms with Crippen molar-refractivity contribution in [2.45, 2.75) is 49.1 Å². The van der Waals surface area contributed by atoms with E-state index in [0.29, 0.717) is 32.7 Å². The Kier molecular flexibility index (Phi) is 7.91. The van der Waals surface area contributed by atoms with Crippen molar-refractivity contribution in [3.8, 4) is 0 Å². The maximum Gasteiger partial charge on any atom is 0.490 e. The minimum atomic E-state index is -5.08. The molecule has 186 valence electrons. The highest BCUT2D eigenvalue weighted by Gasteiger charge is 2.52. The minimum Gasteiger partial charge on any atom is -0.475 e. The lowest BCUT2D eigenvalue weighted by Crippen LogP contribution is -2.67. The van der Waals surface area contributed by atoms with Crippen molar-refractivity contribution in [2.24, 2.45) is 0 Å². The van der Waals surface area contributed by atoms with Gasteiger partial charge < -0.3 is 14.6 Å². The summed E-state index contributed by atoms with van der Waals surface area (Å²) in [5.74, 6) is -2.76. The third kappa shape index (κ3) is 6.50. The molecule has 0 aromatic carbocycles. The predicted octanol–water partition coefficient (Wildman–Crippen LogP) is 2.56. The van der Waals surface area contributed by atoms with Gasteiger partial charge in [-0.15, -0.1) is 0 Å². The standard InChI is InChI=1S/C19H23N3O4S.C2HF3O2/c1-15-4-2-5-16(21-15)12-25-17-7-9-26-19(10-17)13-22(14-19)27(23,24)18-6-3-8-20-11-18;3-2(4,5)1(6)7/h2-6,8,11,17H,7,9-10,12-14H2,1H3;(H,6,7). The predicted molar refractivity (Wildman–Crippen MR) is 112 cm³/mol. The van der Waals surface area contributed by atoms with Crippen LogP contribution >= 0.6 is 0 Å². The van der Waals surface area contributed by atoms with Crippen LogP contribution in [0, 0.1) is 6.92 Å². The largest absolute Gasteiger partial charge is 0.490 e. The first-order chi connectivity index (χ1) is 15.9. The number of nitrogens with zero attached hydrogens (tertiary/aromatic N) is 3. The third-order valence-electron chi connectivity index (χ3n) is 5.30. The van der Waals surface area contributed by atoms with Crippen LogP contribution < -0.4 is 0 Å². The lowest BCUT2D eigenvalue weighted by molar-refractivity contribution is -0.192. The zero-order valence-electron chi connectivity index (χ0n) is 18.2. The average Bonchev–Trinajstić information content (AvgIpc) is 2.76. The molecule has 0 aliphatic carbocycles. The van der Waals surface area contributed by atoms with Crippen LogP contribution in [0.3, 0.4) is 0 Å². The first-order valence-electron chi connectivity index (χ1n) is 10.3. The quantitative estimate of drug-likeness (QED) is 0.661. The SMILES string of the molecule is Cc1cccc(COC2CCOC3(C2)CN(S(=O)(=O)c2cccnc2)C3)n1.O=C(O)C(F)(F)F. The topological polar surface area (TPSA) is 119 Å². The lowest BCUT2D eigenvalue weighted by Gasteiger charge is -2.52. The Morgan fingerprint density at radius 2 is 2.00 bits per heavy atom. The van der Waals surface area contributed by atoms with E-state index >= 15 is 0 Å². The Morgan fingerprint density at radius 1 is 1.29 bits per heavy atom. The number of pyridine rings is 2. The van der Waals surface area contributed by atoms with Gasteiger partial charge in [0, 0.05) is 44.2 Å². The number of aromatic nitrogens is 2. The van der Waals surface area contributed by atoms with E-state index in [0.717, 1.165) is 17.8 Å². The molecule has 0 bridgehead atoms. The second kappa shape index (κ2) is 10.3. The van der Waals surface area contributed by atoms with Crippen molar-refractivity contribution in [3.05, 3.63) is 54.1 Å². The minimum absolute atomic E-state index is 0.0457. The summed E-state index contributed by atoms with van der Waals surface area (Å²) in [4.78, 5) is 17.5. The molecule has 13 heteroatoms. The van der Waals surface area contributed by atoms with Gasteiger partial charge in [0.15, 0.2) is 0 Å². The maximum absolute atomic E-state index is 12.7. The van der Waals surface area contributed by atoms with Gasteiger partial charge in [-0.2, -0.15) is 17.5 Å². The summed E-state index contributed by atoms with van der Waals surface area (Å²) in [5, 5.41) is 7.12. The molecular weight excluding hydrogens is 479 g/mol. The lowest BCUT2D eigenvalue weighted by atomic mass is 9.86.